The van der Waals surface area contributed by atoms with Crippen molar-refractivity contribution in [1.82, 2.24) is 10.7 Å². The molecule has 0 saturated carbocycles. The lowest BCUT2D eigenvalue weighted by atomic mass is 10.2. The second-order valence-electron chi connectivity index (χ2n) is 5.08. The summed E-state index contributed by atoms with van der Waals surface area (Å²) < 4.78 is 25.2. The molecule has 2 aromatic rings. The molecule has 0 aromatic heterocycles. The van der Waals surface area contributed by atoms with Gasteiger partial charge in [-0.15, -0.1) is 0 Å². The zero-order chi connectivity index (χ0) is 18.9. The lowest BCUT2D eigenvalue weighted by Crippen LogP contribution is -2.28. The van der Waals surface area contributed by atoms with Crippen LogP contribution in [0.25, 0.3) is 0 Å². The molecule has 2 rings (SSSR count). The monoisotopic (exact) mass is 395 g/mol. The van der Waals surface area contributed by atoms with Gasteiger partial charge < -0.3 is 14.8 Å². The van der Waals surface area contributed by atoms with Crippen molar-refractivity contribution in [3.8, 4) is 11.5 Å². The second-order valence-corrected chi connectivity index (χ2v) is 5.89. The molecule has 0 aliphatic rings. The maximum absolute atomic E-state index is 13.9. The van der Waals surface area contributed by atoms with Crippen LogP contribution >= 0.6 is 23.8 Å². The van der Waals surface area contributed by atoms with Crippen LogP contribution in [0, 0.1) is 5.82 Å². The van der Waals surface area contributed by atoms with Gasteiger partial charge in [0.05, 0.1) is 17.8 Å². The van der Waals surface area contributed by atoms with Gasteiger partial charge >= 0.3 is 0 Å². The summed E-state index contributed by atoms with van der Waals surface area (Å²) in [6.45, 7) is 2.32. The number of ether oxygens (including phenoxy) is 2. The van der Waals surface area contributed by atoms with E-state index in [0.29, 0.717) is 33.8 Å². The summed E-state index contributed by atoms with van der Waals surface area (Å²) >= 11 is 11.0. The third kappa shape index (κ3) is 5.57. The standard InChI is InChI=1S/C18H19ClFN3O2S/c1-3-24-17-9-12(10-22-23-18(26)21-2)7-8-16(17)25-11-13-14(19)5-4-6-15(13)20/h4-10H,3,11H2,1-2H3,(H2,21,23,26). The topological polar surface area (TPSA) is 54.9 Å². The van der Waals surface area contributed by atoms with Gasteiger partial charge in [0.2, 0.25) is 0 Å². The van der Waals surface area contributed by atoms with Crippen molar-refractivity contribution in [1.29, 1.82) is 0 Å². The maximum atomic E-state index is 13.9. The Kier molecular flexibility index (Phi) is 7.62. The molecule has 2 N–H and O–H groups in total. The quantitative estimate of drug-likeness (QED) is 0.423. The third-order valence-corrected chi connectivity index (χ3v) is 3.96. The first-order valence-electron chi connectivity index (χ1n) is 7.88. The minimum Gasteiger partial charge on any atom is -0.490 e. The van der Waals surface area contributed by atoms with Gasteiger partial charge in [0.1, 0.15) is 12.4 Å². The van der Waals surface area contributed by atoms with Crippen molar-refractivity contribution in [2.24, 2.45) is 5.10 Å². The maximum Gasteiger partial charge on any atom is 0.186 e. The van der Waals surface area contributed by atoms with Crippen LogP contribution in [-0.2, 0) is 6.61 Å². The number of halogens is 2. The Morgan fingerprint density at radius 2 is 2.08 bits per heavy atom. The number of hydrogen-bond acceptors (Lipinski definition) is 4. The Hall–Kier alpha value is -2.38. The fourth-order valence-electron chi connectivity index (χ4n) is 2.03. The molecular formula is C18H19ClFN3O2S. The molecule has 138 valence electrons. The van der Waals surface area contributed by atoms with Gasteiger partial charge in [-0.2, -0.15) is 5.10 Å². The van der Waals surface area contributed by atoms with Gasteiger partial charge in [-0.1, -0.05) is 17.7 Å². The molecule has 8 heteroatoms. The smallest absolute Gasteiger partial charge is 0.186 e. The van der Waals surface area contributed by atoms with E-state index in [2.05, 4.69) is 15.8 Å². The average molecular weight is 396 g/mol. The molecule has 0 aliphatic heterocycles. The first kappa shape index (κ1) is 19.9. The Bertz CT molecular complexity index is 782. The first-order valence-corrected chi connectivity index (χ1v) is 8.67. The molecule has 2 aromatic carbocycles. The van der Waals surface area contributed by atoms with E-state index in [9.17, 15) is 4.39 Å². The van der Waals surface area contributed by atoms with Crippen molar-refractivity contribution in [3.05, 3.63) is 58.4 Å². The molecular weight excluding hydrogens is 377 g/mol. The molecule has 0 atom stereocenters. The highest BCUT2D eigenvalue weighted by Crippen LogP contribution is 2.30. The van der Waals surface area contributed by atoms with Crippen LogP contribution in [0.3, 0.4) is 0 Å². The van der Waals surface area contributed by atoms with E-state index in [-0.39, 0.29) is 6.61 Å². The number of hydrazone groups is 1. The largest absolute Gasteiger partial charge is 0.490 e. The van der Waals surface area contributed by atoms with Crippen LogP contribution in [0.5, 0.6) is 11.5 Å². The molecule has 5 nitrogen and oxygen atoms in total. The fraction of sp³-hybridized carbons (Fsp3) is 0.222. The fourth-order valence-corrected chi connectivity index (χ4v) is 2.30. The zero-order valence-corrected chi connectivity index (χ0v) is 16.0. The summed E-state index contributed by atoms with van der Waals surface area (Å²) in [6, 6.07) is 9.82. The summed E-state index contributed by atoms with van der Waals surface area (Å²) in [5.74, 6) is 0.605. The molecule has 26 heavy (non-hydrogen) atoms. The van der Waals surface area contributed by atoms with Crippen LogP contribution in [-0.4, -0.2) is 25.0 Å². The normalized spacial score (nSPS) is 10.6. The van der Waals surface area contributed by atoms with Crippen LogP contribution in [0.2, 0.25) is 5.02 Å². The summed E-state index contributed by atoms with van der Waals surface area (Å²) in [5, 5.41) is 7.50. The van der Waals surface area contributed by atoms with E-state index in [1.54, 1.807) is 43.6 Å². The van der Waals surface area contributed by atoms with E-state index in [1.807, 2.05) is 6.92 Å². The number of nitrogens with zero attached hydrogens (tertiary/aromatic N) is 1. The van der Waals surface area contributed by atoms with Crippen molar-refractivity contribution >= 4 is 35.1 Å². The van der Waals surface area contributed by atoms with Gasteiger partial charge in [0.25, 0.3) is 0 Å². The van der Waals surface area contributed by atoms with Crippen molar-refractivity contribution < 1.29 is 13.9 Å². The minimum absolute atomic E-state index is 0.00296. The molecule has 0 heterocycles. The Labute approximate surface area is 162 Å². The van der Waals surface area contributed by atoms with Gasteiger partial charge in [-0.3, -0.25) is 5.43 Å². The lowest BCUT2D eigenvalue weighted by Gasteiger charge is -2.13. The molecule has 0 bridgehead atoms. The van der Waals surface area contributed by atoms with Gasteiger partial charge in [-0.25, -0.2) is 4.39 Å². The van der Waals surface area contributed by atoms with Gasteiger partial charge in [0.15, 0.2) is 16.6 Å². The zero-order valence-electron chi connectivity index (χ0n) is 14.4. The lowest BCUT2D eigenvalue weighted by molar-refractivity contribution is 0.266. The number of benzene rings is 2. The van der Waals surface area contributed by atoms with Crippen LogP contribution < -0.4 is 20.2 Å². The van der Waals surface area contributed by atoms with Crippen molar-refractivity contribution in [3.63, 3.8) is 0 Å². The number of hydrogen-bond donors (Lipinski definition) is 2. The van der Waals surface area contributed by atoms with E-state index >= 15 is 0 Å². The minimum atomic E-state index is -0.411. The van der Waals surface area contributed by atoms with Crippen molar-refractivity contribution in [2.75, 3.05) is 13.7 Å². The second kappa shape index (κ2) is 9.94. The van der Waals surface area contributed by atoms with Crippen LogP contribution in [0.15, 0.2) is 41.5 Å². The van der Waals surface area contributed by atoms with E-state index in [0.717, 1.165) is 5.56 Å². The van der Waals surface area contributed by atoms with E-state index in [4.69, 9.17) is 33.3 Å². The van der Waals surface area contributed by atoms with Gasteiger partial charge in [-0.05, 0) is 55.0 Å². The predicted molar refractivity (Wildman–Crippen MR) is 106 cm³/mol. The average Bonchev–Trinajstić information content (AvgIpc) is 2.62. The Morgan fingerprint density at radius 3 is 2.77 bits per heavy atom. The highest BCUT2D eigenvalue weighted by atomic mass is 35.5. The summed E-state index contributed by atoms with van der Waals surface area (Å²) in [7, 11) is 1.70. The number of nitrogens with one attached hydrogen (secondary N) is 2. The molecule has 0 fully saturated rings. The summed E-state index contributed by atoms with van der Waals surface area (Å²) in [5.41, 5.74) is 3.75. The van der Waals surface area contributed by atoms with Crippen molar-refractivity contribution in [2.45, 2.75) is 13.5 Å². The molecule has 0 saturated heterocycles. The number of thiocarbonyl (C=S) groups is 1. The highest BCUT2D eigenvalue weighted by molar-refractivity contribution is 7.80. The summed E-state index contributed by atoms with van der Waals surface area (Å²) in [6.07, 6.45) is 1.60. The molecule has 0 aliphatic carbocycles. The third-order valence-electron chi connectivity index (χ3n) is 3.31. The SMILES string of the molecule is CCOc1cc(C=NNC(=S)NC)ccc1OCc1c(F)cccc1Cl. The molecule has 0 unspecified atom stereocenters. The molecule has 0 amide bonds. The van der Waals surface area contributed by atoms with Gasteiger partial charge in [0, 0.05) is 12.6 Å². The number of rotatable bonds is 7. The van der Waals surface area contributed by atoms with Crippen LogP contribution in [0.1, 0.15) is 18.1 Å². The van der Waals surface area contributed by atoms with E-state index < -0.39 is 5.82 Å². The summed E-state index contributed by atoms with van der Waals surface area (Å²) in [4.78, 5) is 0. The molecule has 0 spiro atoms. The Morgan fingerprint density at radius 1 is 1.27 bits per heavy atom. The Balaban J connectivity index is 2.14. The highest BCUT2D eigenvalue weighted by Gasteiger charge is 2.11. The van der Waals surface area contributed by atoms with Crippen LogP contribution in [0.4, 0.5) is 4.39 Å². The van der Waals surface area contributed by atoms with E-state index in [1.165, 1.54) is 6.07 Å². The predicted octanol–water partition coefficient (Wildman–Crippen LogP) is 3.88. The molecule has 0 radical (unpaired) electrons. The first-order chi connectivity index (χ1) is 12.5.